The summed E-state index contributed by atoms with van der Waals surface area (Å²) in [6.07, 6.45) is 48.5. The topological polar surface area (TPSA) is 111 Å². The molecule has 9 nitrogen and oxygen atoms in total. The van der Waals surface area contributed by atoms with Gasteiger partial charge in [-0.3, -0.25) is 14.2 Å². The maximum Gasteiger partial charge on any atom is 0.306 e. The first kappa shape index (κ1) is 57.0. The number of esters is 2. The van der Waals surface area contributed by atoms with Crippen molar-refractivity contribution in [2.75, 3.05) is 47.5 Å². The molecule has 0 radical (unpaired) electrons. The summed E-state index contributed by atoms with van der Waals surface area (Å²) in [6, 6.07) is 0. The van der Waals surface area contributed by atoms with E-state index >= 15 is 0 Å². The fourth-order valence-electron chi connectivity index (χ4n) is 6.34. The monoisotopic (exact) mass is 852 g/mol. The van der Waals surface area contributed by atoms with Crippen LogP contribution in [0.25, 0.3) is 0 Å². The molecule has 0 rings (SSSR count). The Morgan fingerprint density at radius 2 is 0.915 bits per heavy atom. The molecular formula is C49H90NO8P. The zero-order chi connectivity index (χ0) is 43.6. The second-order valence-electron chi connectivity index (χ2n) is 17.1. The van der Waals surface area contributed by atoms with E-state index < -0.39 is 32.5 Å². The van der Waals surface area contributed by atoms with Crippen molar-refractivity contribution >= 4 is 19.8 Å². The summed E-state index contributed by atoms with van der Waals surface area (Å²) in [7, 11) is 1.14. The predicted octanol–water partition coefficient (Wildman–Crippen LogP) is 13.2. The van der Waals surface area contributed by atoms with Gasteiger partial charge < -0.3 is 27.9 Å². The molecule has 0 fully saturated rings. The smallest absolute Gasteiger partial charge is 0.306 e. The zero-order valence-corrected chi connectivity index (χ0v) is 39.6. The Bertz CT molecular complexity index is 1150. The van der Waals surface area contributed by atoms with Crippen molar-refractivity contribution in [2.45, 2.75) is 206 Å². The minimum Gasteiger partial charge on any atom is -0.756 e. The van der Waals surface area contributed by atoms with Gasteiger partial charge in [0, 0.05) is 12.8 Å². The van der Waals surface area contributed by atoms with Crippen molar-refractivity contribution in [2.24, 2.45) is 0 Å². The molecule has 0 bridgehead atoms. The van der Waals surface area contributed by atoms with Crippen LogP contribution in [0.5, 0.6) is 0 Å². The van der Waals surface area contributed by atoms with Crippen LogP contribution >= 0.6 is 7.82 Å². The highest BCUT2D eigenvalue weighted by molar-refractivity contribution is 7.45. The summed E-state index contributed by atoms with van der Waals surface area (Å²) in [5, 5.41) is 0. The lowest BCUT2D eigenvalue weighted by molar-refractivity contribution is -0.870. The van der Waals surface area contributed by atoms with Gasteiger partial charge in [-0.05, 0) is 57.8 Å². The number of allylic oxidation sites excluding steroid dienone is 8. The lowest BCUT2D eigenvalue weighted by Crippen LogP contribution is -2.37. The first-order valence-corrected chi connectivity index (χ1v) is 25.3. The van der Waals surface area contributed by atoms with Crippen molar-refractivity contribution in [1.29, 1.82) is 0 Å². The molecule has 10 heteroatoms. The molecule has 2 atom stereocenters. The van der Waals surface area contributed by atoms with E-state index in [0.717, 1.165) is 57.8 Å². The van der Waals surface area contributed by atoms with Crippen molar-refractivity contribution < 1.29 is 42.1 Å². The maximum atomic E-state index is 12.7. The fraction of sp³-hybridized carbons (Fsp3) is 0.796. The molecule has 344 valence electrons. The number of ether oxygens (including phenoxy) is 2. The number of carbonyl (C=O) groups excluding carboxylic acids is 2. The summed E-state index contributed by atoms with van der Waals surface area (Å²) >= 11 is 0. The Balaban J connectivity index is 4.37. The standard InChI is InChI=1S/C49H90NO8P/c1-6-8-10-12-14-16-18-20-22-24-25-26-28-30-32-34-36-38-40-42-49(52)58-47(46-57-59(53,54)56-44-43-50(3,4)5)45-55-48(51)41-39-37-35-33-31-29-27-23-21-19-17-15-13-11-9-7-2/h14,16,20,22,25-26,30,32,47H,6-13,15,17-19,21,23-24,27-29,31,33-46H2,1-5H3/b16-14-,22-20-,26-25-,32-30-/t47-/m1/s1. The third-order valence-corrected chi connectivity index (χ3v) is 11.1. The van der Waals surface area contributed by atoms with Crippen molar-refractivity contribution in [3.05, 3.63) is 48.6 Å². The minimum absolute atomic E-state index is 0.0376. The first-order chi connectivity index (χ1) is 28.5. The number of hydrogen-bond acceptors (Lipinski definition) is 8. The van der Waals surface area contributed by atoms with E-state index in [1.165, 1.54) is 109 Å². The molecule has 0 N–H and O–H groups in total. The van der Waals surface area contributed by atoms with Gasteiger partial charge in [0.25, 0.3) is 7.82 Å². The number of hydrogen-bond donors (Lipinski definition) is 0. The van der Waals surface area contributed by atoms with Gasteiger partial charge in [0.05, 0.1) is 27.7 Å². The Kier molecular flexibility index (Phi) is 39.9. The second kappa shape index (κ2) is 41.3. The molecule has 59 heavy (non-hydrogen) atoms. The third kappa shape index (κ3) is 45.3. The largest absolute Gasteiger partial charge is 0.756 e. The quantitative estimate of drug-likeness (QED) is 0.0196. The van der Waals surface area contributed by atoms with Crippen LogP contribution in [-0.4, -0.2) is 70.0 Å². The summed E-state index contributed by atoms with van der Waals surface area (Å²) in [5.41, 5.74) is 0. The number of phosphoric acid groups is 1. The molecule has 0 aromatic carbocycles. The lowest BCUT2D eigenvalue weighted by atomic mass is 10.0. The van der Waals surface area contributed by atoms with Crippen LogP contribution in [0.3, 0.4) is 0 Å². The predicted molar refractivity (Wildman–Crippen MR) is 245 cm³/mol. The van der Waals surface area contributed by atoms with Crippen LogP contribution < -0.4 is 4.89 Å². The van der Waals surface area contributed by atoms with E-state index in [1.807, 2.05) is 21.1 Å². The van der Waals surface area contributed by atoms with Gasteiger partial charge in [0.1, 0.15) is 19.8 Å². The maximum absolute atomic E-state index is 12.7. The average molecular weight is 852 g/mol. The Hall–Kier alpha value is -2.03. The van der Waals surface area contributed by atoms with E-state index in [9.17, 15) is 19.0 Å². The number of carbonyl (C=O) groups is 2. The number of unbranched alkanes of at least 4 members (excludes halogenated alkanes) is 21. The van der Waals surface area contributed by atoms with E-state index in [4.69, 9.17) is 18.5 Å². The normalized spacial score (nSPS) is 13.9. The molecule has 0 saturated heterocycles. The molecular weight excluding hydrogens is 762 g/mol. The number of rotatable bonds is 43. The van der Waals surface area contributed by atoms with Crippen LogP contribution in [0.15, 0.2) is 48.6 Å². The molecule has 0 aliphatic heterocycles. The summed E-state index contributed by atoms with van der Waals surface area (Å²) in [6.45, 7) is 4.17. The number of likely N-dealkylation sites (N-methyl/N-ethyl adjacent to an activating group) is 1. The van der Waals surface area contributed by atoms with Gasteiger partial charge in [0.15, 0.2) is 6.10 Å². The molecule has 0 spiro atoms. The van der Waals surface area contributed by atoms with Crippen LogP contribution in [-0.2, 0) is 32.7 Å². The molecule has 0 amide bonds. The minimum atomic E-state index is -4.64. The zero-order valence-electron chi connectivity index (χ0n) is 38.7. The van der Waals surface area contributed by atoms with Gasteiger partial charge in [-0.25, -0.2) is 0 Å². The Labute approximate surface area is 363 Å². The highest BCUT2D eigenvalue weighted by Gasteiger charge is 2.21. The third-order valence-electron chi connectivity index (χ3n) is 10.1. The van der Waals surface area contributed by atoms with Crippen LogP contribution in [0.1, 0.15) is 200 Å². The Morgan fingerprint density at radius 1 is 0.525 bits per heavy atom. The SMILES string of the molecule is CCCCC/C=C\C/C=C\C/C=C\C/C=C\CCCCCC(=O)O[C@H](COC(=O)CCCCCCCCCCCCCCCCCC)COP(=O)([O-])OCC[N+](C)(C)C. The average Bonchev–Trinajstić information content (AvgIpc) is 3.19. The molecule has 0 heterocycles. The molecule has 0 aromatic heterocycles. The van der Waals surface area contributed by atoms with Crippen LogP contribution in [0.4, 0.5) is 0 Å². The molecule has 0 aliphatic rings. The molecule has 0 saturated carbocycles. The first-order valence-electron chi connectivity index (χ1n) is 23.8. The van der Waals surface area contributed by atoms with E-state index in [0.29, 0.717) is 17.4 Å². The highest BCUT2D eigenvalue weighted by atomic mass is 31.2. The van der Waals surface area contributed by atoms with Crippen molar-refractivity contribution in [1.82, 2.24) is 0 Å². The van der Waals surface area contributed by atoms with Gasteiger partial charge >= 0.3 is 11.9 Å². The Morgan fingerprint density at radius 3 is 1.39 bits per heavy atom. The summed E-state index contributed by atoms with van der Waals surface area (Å²) < 4.78 is 33.9. The number of nitrogens with zero attached hydrogens (tertiary/aromatic N) is 1. The van der Waals surface area contributed by atoms with Gasteiger partial charge in [-0.1, -0.05) is 178 Å². The highest BCUT2D eigenvalue weighted by Crippen LogP contribution is 2.38. The van der Waals surface area contributed by atoms with Gasteiger partial charge in [-0.2, -0.15) is 0 Å². The second-order valence-corrected chi connectivity index (χ2v) is 18.5. The van der Waals surface area contributed by atoms with Gasteiger partial charge in [0.2, 0.25) is 0 Å². The molecule has 0 aromatic rings. The van der Waals surface area contributed by atoms with E-state index in [1.54, 1.807) is 0 Å². The van der Waals surface area contributed by atoms with E-state index in [-0.39, 0.29) is 26.1 Å². The fourth-order valence-corrected chi connectivity index (χ4v) is 7.07. The lowest BCUT2D eigenvalue weighted by Gasteiger charge is -2.28. The number of quaternary nitrogens is 1. The molecule has 0 aliphatic carbocycles. The molecule has 1 unspecified atom stereocenters. The van der Waals surface area contributed by atoms with Crippen LogP contribution in [0.2, 0.25) is 0 Å². The van der Waals surface area contributed by atoms with Crippen LogP contribution in [0, 0.1) is 0 Å². The summed E-state index contributed by atoms with van der Waals surface area (Å²) in [4.78, 5) is 37.6. The number of phosphoric ester groups is 1. The summed E-state index contributed by atoms with van der Waals surface area (Å²) in [5.74, 6) is -0.866. The van der Waals surface area contributed by atoms with Crippen molar-refractivity contribution in [3.8, 4) is 0 Å². The van der Waals surface area contributed by atoms with E-state index in [2.05, 4.69) is 62.5 Å². The van der Waals surface area contributed by atoms with Crippen molar-refractivity contribution in [3.63, 3.8) is 0 Å². The van der Waals surface area contributed by atoms with Gasteiger partial charge in [-0.15, -0.1) is 0 Å².